The van der Waals surface area contributed by atoms with Gasteiger partial charge in [0.2, 0.25) is 0 Å². The number of rotatable bonds is 4. The van der Waals surface area contributed by atoms with Gasteiger partial charge in [0, 0.05) is 10.4 Å². The van der Waals surface area contributed by atoms with Gasteiger partial charge < -0.3 is 4.74 Å². The smallest absolute Gasteiger partial charge is 0.119 e. The molecule has 1 aliphatic rings. The molecule has 0 bridgehead atoms. The van der Waals surface area contributed by atoms with Gasteiger partial charge in [0.1, 0.15) is 5.75 Å². The summed E-state index contributed by atoms with van der Waals surface area (Å²) in [6.07, 6.45) is 5.00. The Labute approximate surface area is 131 Å². The first kappa shape index (κ1) is 14.5. The van der Waals surface area contributed by atoms with E-state index in [1.807, 2.05) is 19.1 Å². The standard InChI is InChI=1S/C19H21ClO/c1-2-21-18-11-7-16(8-12-18)19(13-3-4-14-19)15-5-9-17(20)10-6-15/h5-12H,2-4,13-14H2,1H3. The fourth-order valence-corrected chi connectivity index (χ4v) is 3.65. The molecule has 1 nitrogen and oxygen atoms in total. The summed E-state index contributed by atoms with van der Waals surface area (Å²) in [6.45, 7) is 2.72. The second-order valence-corrected chi connectivity index (χ2v) is 6.19. The summed E-state index contributed by atoms with van der Waals surface area (Å²) in [5.74, 6) is 0.950. The SMILES string of the molecule is CCOc1ccc(C2(c3ccc(Cl)cc3)CCCC2)cc1. The van der Waals surface area contributed by atoms with Crippen molar-refractivity contribution in [3.05, 3.63) is 64.7 Å². The molecular weight excluding hydrogens is 280 g/mol. The summed E-state index contributed by atoms with van der Waals surface area (Å²) in [5.41, 5.74) is 2.93. The number of benzene rings is 2. The van der Waals surface area contributed by atoms with Crippen LogP contribution in [0.5, 0.6) is 5.75 Å². The van der Waals surface area contributed by atoms with Crippen LogP contribution in [0.4, 0.5) is 0 Å². The molecular formula is C19H21ClO. The fraction of sp³-hybridized carbons (Fsp3) is 0.368. The maximum absolute atomic E-state index is 6.05. The highest BCUT2D eigenvalue weighted by Crippen LogP contribution is 2.46. The van der Waals surface area contributed by atoms with Crippen LogP contribution < -0.4 is 4.74 Å². The first-order valence-corrected chi connectivity index (χ1v) is 8.12. The van der Waals surface area contributed by atoms with Crippen molar-refractivity contribution in [1.82, 2.24) is 0 Å². The Kier molecular flexibility index (Phi) is 4.21. The van der Waals surface area contributed by atoms with Crippen molar-refractivity contribution in [2.75, 3.05) is 6.61 Å². The van der Waals surface area contributed by atoms with Crippen molar-refractivity contribution in [2.45, 2.75) is 38.0 Å². The summed E-state index contributed by atoms with van der Waals surface area (Å²) in [5, 5.41) is 0.804. The Morgan fingerprint density at radius 1 is 0.905 bits per heavy atom. The second kappa shape index (κ2) is 6.11. The van der Waals surface area contributed by atoms with E-state index in [2.05, 4.69) is 36.4 Å². The van der Waals surface area contributed by atoms with E-state index in [0.29, 0.717) is 6.61 Å². The number of hydrogen-bond acceptors (Lipinski definition) is 1. The Bertz CT molecular complexity index is 580. The van der Waals surface area contributed by atoms with Gasteiger partial charge >= 0.3 is 0 Å². The van der Waals surface area contributed by atoms with Crippen LogP contribution in [-0.2, 0) is 5.41 Å². The molecule has 2 heteroatoms. The predicted molar refractivity (Wildman–Crippen MR) is 88.3 cm³/mol. The monoisotopic (exact) mass is 300 g/mol. The molecule has 2 aromatic carbocycles. The minimum atomic E-state index is 0.148. The van der Waals surface area contributed by atoms with Crippen molar-refractivity contribution in [2.24, 2.45) is 0 Å². The highest BCUT2D eigenvalue weighted by Gasteiger charge is 2.37. The normalized spacial score (nSPS) is 16.9. The quantitative estimate of drug-likeness (QED) is 0.714. The molecule has 110 valence electrons. The molecule has 0 N–H and O–H groups in total. The number of halogens is 1. The Morgan fingerprint density at radius 3 is 1.95 bits per heavy atom. The lowest BCUT2D eigenvalue weighted by atomic mass is 9.73. The van der Waals surface area contributed by atoms with Gasteiger partial charge in [-0.3, -0.25) is 0 Å². The van der Waals surface area contributed by atoms with E-state index in [4.69, 9.17) is 16.3 Å². The van der Waals surface area contributed by atoms with Gasteiger partial charge in [-0.15, -0.1) is 0 Å². The molecule has 21 heavy (non-hydrogen) atoms. The second-order valence-electron chi connectivity index (χ2n) is 5.75. The van der Waals surface area contributed by atoms with Crippen LogP contribution in [0.15, 0.2) is 48.5 Å². The Balaban J connectivity index is 1.98. The van der Waals surface area contributed by atoms with Crippen molar-refractivity contribution in [3.8, 4) is 5.75 Å². The van der Waals surface area contributed by atoms with Crippen LogP contribution in [-0.4, -0.2) is 6.61 Å². The third-order valence-corrected chi connectivity index (χ3v) is 4.82. The summed E-state index contributed by atoms with van der Waals surface area (Å²) >= 11 is 6.05. The highest BCUT2D eigenvalue weighted by atomic mass is 35.5. The average molecular weight is 301 g/mol. The lowest BCUT2D eigenvalue weighted by Crippen LogP contribution is -2.23. The summed E-state index contributed by atoms with van der Waals surface area (Å²) in [4.78, 5) is 0. The molecule has 0 radical (unpaired) electrons. The van der Waals surface area contributed by atoms with E-state index in [-0.39, 0.29) is 5.41 Å². The summed E-state index contributed by atoms with van der Waals surface area (Å²) < 4.78 is 5.56. The molecule has 0 heterocycles. The molecule has 0 unspecified atom stereocenters. The largest absolute Gasteiger partial charge is 0.494 e. The number of ether oxygens (including phenoxy) is 1. The van der Waals surface area contributed by atoms with Gasteiger partial charge in [-0.05, 0) is 55.2 Å². The Hall–Kier alpha value is -1.47. The molecule has 2 aromatic rings. The fourth-order valence-electron chi connectivity index (χ4n) is 3.53. The van der Waals surface area contributed by atoms with Crippen LogP contribution >= 0.6 is 11.6 Å². The molecule has 1 saturated carbocycles. The van der Waals surface area contributed by atoms with Gasteiger partial charge in [0.25, 0.3) is 0 Å². The molecule has 3 rings (SSSR count). The zero-order valence-electron chi connectivity index (χ0n) is 12.4. The van der Waals surface area contributed by atoms with Crippen LogP contribution in [0, 0.1) is 0 Å². The summed E-state index contributed by atoms with van der Waals surface area (Å²) in [6, 6.07) is 17.0. The van der Waals surface area contributed by atoms with Gasteiger partial charge in [-0.2, -0.15) is 0 Å². The third-order valence-electron chi connectivity index (χ3n) is 4.57. The van der Waals surface area contributed by atoms with Gasteiger partial charge in [0.15, 0.2) is 0 Å². The van der Waals surface area contributed by atoms with E-state index in [1.165, 1.54) is 36.8 Å². The molecule has 0 aliphatic heterocycles. The van der Waals surface area contributed by atoms with Crippen molar-refractivity contribution >= 4 is 11.6 Å². The average Bonchev–Trinajstić information content (AvgIpc) is 3.00. The van der Waals surface area contributed by atoms with Crippen LogP contribution in [0.25, 0.3) is 0 Å². The van der Waals surface area contributed by atoms with Crippen LogP contribution in [0.1, 0.15) is 43.7 Å². The van der Waals surface area contributed by atoms with Gasteiger partial charge in [0.05, 0.1) is 6.61 Å². The minimum Gasteiger partial charge on any atom is -0.494 e. The lowest BCUT2D eigenvalue weighted by molar-refractivity contribution is 0.340. The van der Waals surface area contributed by atoms with Crippen LogP contribution in [0.2, 0.25) is 5.02 Å². The van der Waals surface area contributed by atoms with E-state index >= 15 is 0 Å². The van der Waals surface area contributed by atoms with E-state index in [9.17, 15) is 0 Å². The molecule has 0 amide bonds. The first-order chi connectivity index (χ1) is 10.2. The van der Waals surface area contributed by atoms with Crippen LogP contribution in [0.3, 0.4) is 0 Å². The Morgan fingerprint density at radius 2 is 1.43 bits per heavy atom. The number of hydrogen-bond donors (Lipinski definition) is 0. The topological polar surface area (TPSA) is 9.23 Å². The maximum Gasteiger partial charge on any atom is 0.119 e. The van der Waals surface area contributed by atoms with E-state index < -0.39 is 0 Å². The zero-order chi connectivity index (χ0) is 14.7. The zero-order valence-corrected chi connectivity index (χ0v) is 13.2. The highest BCUT2D eigenvalue weighted by molar-refractivity contribution is 6.30. The van der Waals surface area contributed by atoms with Gasteiger partial charge in [-0.25, -0.2) is 0 Å². The lowest BCUT2D eigenvalue weighted by Gasteiger charge is -2.30. The molecule has 0 spiro atoms. The van der Waals surface area contributed by atoms with Gasteiger partial charge in [-0.1, -0.05) is 48.7 Å². The van der Waals surface area contributed by atoms with E-state index in [1.54, 1.807) is 0 Å². The molecule has 1 aliphatic carbocycles. The minimum absolute atomic E-state index is 0.148. The molecule has 0 atom stereocenters. The maximum atomic E-state index is 6.05. The van der Waals surface area contributed by atoms with Crippen molar-refractivity contribution in [1.29, 1.82) is 0 Å². The first-order valence-electron chi connectivity index (χ1n) is 7.74. The summed E-state index contributed by atoms with van der Waals surface area (Å²) in [7, 11) is 0. The predicted octanol–water partition coefficient (Wildman–Crippen LogP) is 5.60. The van der Waals surface area contributed by atoms with E-state index in [0.717, 1.165) is 10.8 Å². The third kappa shape index (κ3) is 2.80. The van der Waals surface area contributed by atoms with Crippen molar-refractivity contribution < 1.29 is 4.74 Å². The molecule has 0 saturated heterocycles. The molecule has 0 aromatic heterocycles. The van der Waals surface area contributed by atoms with Crippen molar-refractivity contribution in [3.63, 3.8) is 0 Å². The molecule has 1 fully saturated rings.